The van der Waals surface area contributed by atoms with Crippen LogP contribution in [-0.2, 0) is 4.79 Å². The number of halogens is 1. The smallest absolute Gasteiger partial charge is 0.224 e. The maximum Gasteiger partial charge on any atom is 0.224 e. The first-order valence-corrected chi connectivity index (χ1v) is 15.4. The van der Waals surface area contributed by atoms with Gasteiger partial charge in [0.1, 0.15) is 23.9 Å². The van der Waals surface area contributed by atoms with Gasteiger partial charge in [0.05, 0.1) is 35.0 Å². The Hall–Kier alpha value is -5.09. The fourth-order valence-electron chi connectivity index (χ4n) is 6.01. The molecule has 0 aliphatic carbocycles. The Bertz CT molecular complexity index is 1990. The summed E-state index contributed by atoms with van der Waals surface area (Å²) in [6.07, 6.45) is 8.77. The van der Waals surface area contributed by atoms with Crippen molar-refractivity contribution in [3.8, 4) is 39.5 Å². The first-order valence-electron chi connectivity index (χ1n) is 15.4. The maximum atomic E-state index is 14.8. The normalized spacial score (nSPS) is 13.6. The minimum atomic E-state index is -0.335. The highest BCUT2D eigenvalue weighted by Crippen LogP contribution is 2.36. The monoisotopic (exact) mass is 603 g/mol. The molecular formula is C35H34FN7O2. The number of carbonyl (C=O) groups excluding carboxylic acids is 1. The second-order valence-electron chi connectivity index (χ2n) is 11.5. The lowest BCUT2D eigenvalue weighted by Crippen LogP contribution is -2.25. The lowest BCUT2D eigenvalue weighted by molar-refractivity contribution is -0.116. The van der Waals surface area contributed by atoms with Crippen LogP contribution in [0.2, 0.25) is 0 Å². The van der Waals surface area contributed by atoms with Crippen LogP contribution in [0.5, 0.6) is 5.75 Å². The van der Waals surface area contributed by atoms with Crippen LogP contribution in [0.15, 0.2) is 73.2 Å². The summed E-state index contributed by atoms with van der Waals surface area (Å²) >= 11 is 0. The fourth-order valence-corrected chi connectivity index (χ4v) is 6.01. The van der Waals surface area contributed by atoms with Gasteiger partial charge in [-0.3, -0.25) is 24.8 Å². The van der Waals surface area contributed by atoms with E-state index in [0.29, 0.717) is 30.2 Å². The van der Waals surface area contributed by atoms with Crippen molar-refractivity contribution in [3.05, 3.63) is 79.0 Å². The topological polar surface area (TPSA) is 112 Å². The average molecular weight is 604 g/mol. The minimum Gasteiger partial charge on any atom is -0.492 e. The van der Waals surface area contributed by atoms with Crippen LogP contribution >= 0.6 is 0 Å². The van der Waals surface area contributed by atoms with E-state index < -0.39 is 0 Å². The quantitative estimate of drug-likeness (QED) is 0.153. The number of rotatable bonds is 10. The molecule has 1 fully saturated rings. The van der Waals surface area contributed by atoms with E-state index in [1.807, 2.05) is 49.4 Å². The summed E-state index contributed by atoms with van der Waals surface area (Å²) in [4.78, 5) is 26.9. The number of amides is 1. The molecule has 45 heavy (non-hydrogen) atoms. The van der Waals surface area contributed by atoms with Crippen molar-refractivity contribution in [1.29, 1.82) is 0 Å². The molecule has 3 N–H and O–H groups in total. The Morgan fingerprint density at radius 3 is 2.76 bits per heavy atom. The lowest BCUT2D eigenvalue weighted by atomic mass is 10.0. The number of ether oxygens (including phenoxy) is 1. The molecule has 0 spiro atoms. The van der Waals surface area contributed by atoms with Gasteiger partial charge in [-0.05, 0) is 79.9 Å². The zero-order valence-corrected chi connectivity index (χ0v) is 25.1. The summed E-state index contributed by atoms with van der Waals surface area (Å²) in [5.74, 6) is 0.145. The van der Waals surface area contributed by atoms with E-state index in [-0.39, 0.29) is 11.7 Å². The number of anilines is 1. The van der Waals surface area contributed by atoms with Crippen LogP contribution in [0.1, 0.15) is 32.6 Å². The van der Waals surface area contributed by atoms with Crippen molar-refractivity contribution < 1.29 is 13.9 Å². The molecule has 0 saturated carbocycles. The van der Waals surface area contributed by atoms with E-state index in [0.717, 1.165) is 75.9 Å². The summed E-state index contributed by atoms with van der Waals surface area (Å²) in [6.45, 7) is 5.53. The minimum absolute atomic E-state index is 0.0466. The van der Waals surface area contributed by atoms with Crippen LogP contribution in [0.4, 0.5) is 10.1 Å². The van der Waals surface area contributed by atoms with Gasteiger partial charge in [0, 0.05) is 47.1 Å². The number of hydrogen-bond acceptors (Lipinski definition) is 6. The van der Waals surface area contributed by atoms with Crippen molar-refractivity contribution in [2.75, 3.05) is 31.6 Å². The number of pyridine rings is 2. The summed E-state index contributed by atoms with van der Waals surface area (Å²) in [7, 11) is 0. The van der Waals surface area contributed by atoms with Gasteiger partial charge in [0.25, 0.3) is 0 Å². The molecule has 1 aliphatic rings. The molecule has 0 radical (unpaired) electrons. The van der Waals surface area contributed by atoms with Gasteiger partial charge < -0.3 is 15.0 Å². The number of benzene rings is 2. The molecule has 2 aromatic carbocycles. The molecule has 7 rings (SSSR count). The number of nitrogens with zero attached hydrogens (tertiary/aromatic N) is 4. The van der Waals surface area contributed by atoms with E-state index in [1.54, 1.807) is 24.7 Å². The Kier molecular flexibility index (Phi) is 7.96. The molecule has 0 atom stereocenters. The third kappa shape index (κ3) is 6.14. The highest BCUT2D eigenvalue weighted by atomic mass is 19.1. The molecule has 228 valence electrons. The van der Waals surface area contributed by atoms with Crippen molar-refractivity contribution in [1.82, 2.24) is 30.0 Å². The number of H-pyrrole nitrogens is 2. The largest absolute Gasteiger partial charge is 0.492 e. The van der Waals surface area contributed by atoms with Gasteiger partial charge in [-0.15, -0.1) is 0 Å². The van der Waals surface area contributed by atoms with Gasteiger partial charge in [-0.2, -0.15) is 5.10 Å². The molecule has 1 saturated heterocycles. The van der Waals surface area contributed by atoms with Crippen molar-refractivity contribution in [2.24, 2.45) is 0 Å². The molecule has 9 nitrogen and oxygen atoms in total. The molecule has 10 heteroatoms. The molecular weight excluding hydrogens is 569 g/mol. The number of likely N-dealkylation sites (tertiary alicyclic amines) is 1. The zero-order valence-electron chi connectivity index (χ0n) is 25.1. The number of carbonyl (C=O) groups is 1. The SMILES string of the molecule is CCCC(=O)Nc1cncc(-c2cc3c(-c4cc5c(-c6cc(F)cc(OCCN7CCCC7)c6)cccc5[nH]4)n[nH]c3cn2)c1. The van der Waals surface area contributed by atoms with Gasteiger partial charge in [0.2, 0.25) is 5.91 Å². The summed E-state index contributed by atoms with van der Waals surface area (Å²) in [6, 6.07) is 16.7. The maximum absolute atomic E-state index is 14.8. The Morgan fingerprint density at radius 2 is 1.89 bits per heavy atom. The van der Waals surface area contributed by atoms with Crippen LogP contribution in [0.3, 0.4) is 0 Å². The third-order valence-corrected chi connectivity index (χ3v) is 8.22. The van der Waals surface area contributed by atoms with Gasteiger partial charge in [-0.25, -0.2) is 4.39 Å². The highest BCUT2D eigenvalue weighted by Gasteiger charge is 2.17. The highest BCUT2D eigenvalue weighted by molar-refractivity contribution is 6.01. The summed E-state index contributed by atoms with van der Waals surface area (Å²) in [5.41, 5.74) is 7.01. The lowest BCUT2D eigenvalue weighted by Gasteiger charge is -2.15. The van der Waals surface area contributed by atoms with Crippen LogP contribution in [0.25, 0.3) is 55.6 Å². The van der Waals surface area contributed by atoms with Crippen LogP contribution in [-0.4, -0.2) is 62.2 Å². The molecule has 1 amide bonds. The average Bonchev–Trinajstić information content (AvgIpc) is 3.80. The first kappa shape index (κ1) is 28.7. The first-order chi connectivity index (χ1) is 22.0. The Balaban J connectivity index is 1.19. The number of hydrogen-bond donors (Lipinski definition) is 3. The fraction of sp³-hybridized carbons (Fsp3) is 0.257. The molecule has 6 aromatic rings. The zero-order chi connectivity index (χ0) is 30.8. The predicted octanol–water partition coefficient (Wildman–Crippen LogP) is 7.19. The summed E-state index contributed by atoms with van der Waals surface area (Å²) < 4.78 is 20.8. The Labute approximate surface area is 259 Å². The van der Waals surface area contributed by atoms with E-state index in [9.17, 15) is 9.18 Å². The van der Waals surface area contributed by atoms with Crippen molar-refractivity contribution >= 4 is 33.4 Å². The summed E-state index contributed by atoms with van der Waals surface area (Å²) in [5, 5.41) is 12.4. The molecule has 5 heterocycles. The number of aromatic amines is 2. The van der Waals surface area contributed by atoms with E-state index in [2.05, 4.69) is 35.4 Å². The Morgan fingerprint density at radius 1 is 1.00 bits per heavy atom. The van der Waals surface area contributed by atoms with E-state index >= 15 is 0 Å². The van der Waals surface area contributed by atoms with Crippen LogP contribution in [0, 0.1) is 5.82 Å². The molecule has 1 aliphatic heterocycles. The third-order valence-electron chi connectivity index (χ3n) is 8.22. The van der Waals surface area contributed by atoms with E-state index in [4.69, 9.17) is 4.74 Å². The second kappa shape index (κ2) is 12.5. The number of aromatic nitrogens is 5. The molecule has 0 unspecified atom stereocenters. The molecule has 4 aromatic heterocycles. The number of fused-ring (bicyclic) bond motifs is 2. The standard InChI is InChI=1S/C35H34FN7O2/c1-2-6-34(44)39-25-14-23(19-37-20-25)31-18-29-33(21-38-31)41-42-35(29)32-17-28-27(7-5-8-30(28)40-32)22-13-24(36)16-26(15-22)45-12-11-43-9-3-4-10-43/h5,7-8,13-21,40H,2-4,6,9-12H2,1H3,(H,39,44)(H,41,42). The van der Waals surface area contributed by atoms with E-state index in [1.165, 1.54) is 18.9 Å². The molecule has 0 bridgehead atoms. The van der Waals surface area contributed by atoms with Gasteiger partial charge in [-0.1, -0.05) is 19.1 Å². The van der Waals surface area contributed by atoms with Gasteiger partial charge in [0.15, 0.2) is 0 Å². The predicted molar refractivity (Wildman–Crippen MR) is 175 cm³/mol. The van der Waals surface area contributed by atoms with Gasteiger partial charge >= 0.3 is 0 Å². The van der Waals surface area contributed by atoms with Crippen molar-refractivity contribution in [3.63, 3.8) is 0 Å². The van der Waals surface area contributed by atoms with Crippen LogP contribution < -0.4 is 10.1 Å². The number of nitrogens with one attached hydrogen (secondary N) is 3. The second-order valence-corrected chi connectivity index (χ2v) is 11.5. The van der Waals surface area contributed by atoms with Crippen molar-refractivity contribution in [2.45, 2.75) is 32.6 Å².